The summed E-state index contributed by atoms with van der Waals surface area (Å²) in [5, 5.41) is 4.07. The Kier molecular flexibility index (Phi) is 4.88. The van der Waals surface area contributed by atoms with Gasteiger partial charge in [-0.15, -0.1) is 12.4 Å². The van der Waals surface area contributed by atoms with Crippen LogP contribution in [0.25, 0.3) is 11.1 Å². The van der Waals surface area contributed by atoms with Gasteiger partial charge < -0.3 is 11.5 Å². The predicted molar refractivity (Wildman–Crippen MR) is 72.0 cm³/mol. The van der Waals surface area contributed by atoms with Crippen LogP contribution >= 0.6 is 12.4 Å². The maximum atomic E-state index is 10.8. The molecule has 0 aliphatic heterocycles. The van der Waals surface area contributed by atoms with Gasteiger partial charge in [0.2, 0.25) is 5.91 Å². The molecule has 0 saturated carbocycles. The first-order chi connectivity index (χ1) is 8.19. The third-order valence-corrected chi connectivity index (χ3v) is 2.45. The van der Waals surface area contributed by atoms with Crippen molar-refractivity contribution in [2.45, 2.75) is 13.1 Å². The Labute approximate surface area is 111 Å². The van der Waals surface area contributed by atoms with Crippen LogP contribution in [0.1, 0.15) is 5.56 Å². The number of carbonyl (C=O) groups excluding carboxylic acids is 1. The van der Waals surface area contributed by atoms with Gasteiger partial charge in [-0.3, -0.25) is 9.48 Å². The summed E-state index contributed by atoms with van der Waals surface area (Å²) >= 11 is 0. The average Bonchev–Trinajstić information content (AvgIpc) is 2.77. The predicted octanol–water partition coefficient (Wildman–Crippen LogP) is 0.916. The van der Waals surface area contributed by atoms with Crippen molar-refractivity contribution in [1.82, 2.24) is 9.78 Å². The summed E-state index contributed by atoms with van der Waals surface area (Å²) in [6.45, 7) is 0.597. The lowest BCUT2D eigenvalue weighted by Gasteiger charge is -2.00. The molecule has 0 fully saturated rings. The van der Waals surface area contributed by atoms with Gasteiger partial charge in [-0.05, 0) is 17.2 Å². The second-order valence-corrected chi connectivity index (χ2v) is 3.80. The zero-order valence-corrected chi connectivity index (χ0v) is 10.6. The van der Waals surface area contributed by atoms with Gasteiger partial charge in [0, 0.05) is 18.3 Å². The van der Waals surface area contributed by atoms with E-state index in [2.05, 4.69) is 5.10 Å². The van der Waals surface area contributed by atoms with E-state index in [-0.39, 0.29) is 19.0 Å². The lowest BCUT2D eigenvalue weighted by Crippen LogP contribution is -2.18. The summed E-state index contributed by atoms with van der Waals surface area (Å²) in [4.78, 5) is 10.8. The van der Waals surface area contributed by atoms with Gasteiger partial charge in [0.25, 0.3) is 0 Å². The van der Waals surface area contributed by atoms with Crippen molar-refractivity contribution in [3.63, 3.8) is 0 Å². The zero-order chi connectivity index (χ0) is 12.3. The number of carbonyl (C=O) groups is 1. The first kappa shape index (κ1) is 14.2. The topological polar surface area (TPSA) is 86.9 Å². The Balaban J connectivity index is 0.00000162. The maximum Gasteiger partial charge on any atom is 0.239 e. The second kappa shape index (κ2) is 6.18. The quantitative estimate of drug-likeness (QED) is 0.863. The molecule has 0 bridgehead atoms. The molecule has 1 aromatic heterocycles. The van der Waals surface area contributed by atoms with Gasteiger partial charge in [0.05, 0.1) is 6.20 Å². The molecule has 4 N–H and O–H groups in total. The number of nitrogens with zero attached hydrogens (tertiary/aromatic N) is 2. The Morgan fingerprint density at radius 2 is 2.11 bits per heavy atom. The Morgan fingerprint density at radius 1 is 1.33 bits per heavy atom. The van der Waals surface area contributed by atoms with Crippen molar-refractivity contribution in [1.29, 1.82) is 0 Å². The van der Waals surface area contributed by atoms with E-state index in [9.17, 15) is 4.79 Å². The van der Waals surface area contributed by atoms with E-state index in [1.54, 1.807) is 12.4 Å². The van der Waals surface area contributed by atoms with Gasteiger partial charge in [-0.1, -0.05) is 18.2 Å². The Hall–Kier alpha value is -1.85. The number of halogens is 1. The third kappa shape index (κ3) is 3.32. The number of hydrogen-bond donors (Lipinski definition) is 2. The van der Waals surface area contributed by atoms with Crippen molar-refractivity contribution < 1.29 is 4.79 Å². The summed E-state index contributed by atoms with van der Waals surface area (Å²) in [6.07, 6.45) is 3.50. The molecule has 5 nitrogen and oxygen atoms in total. The molecule has 0 saturated heterocycles. The molecule has 1 heterocycles. The van der Waals surface area contributed by atoms with E-state index < -0.39 is 5.91 Å². The van der Waals surface area contributed by atoms with Crippen LogP contribution < -0.4 is 11.5 Å². The first-order valence-electron chi connectivity index (χ1n) is 5.29. The monoisotopic (exact) mass is 266 g/mol. The number of nitrogens with two attached hydrogens (primary N) is 2. The van der Waals surface area contributed by atoms with Gasteiger partial charge in [0.1, 0.15) is 6.54 Å². The second-order valence-electron chi connectivity index (χ2n) is 3.80. The highest BCUT2D eigenvalue weighted by Crippen LogP contribution is 2.19. The molecule has 0 aliphatic carbocycles. The summed E-state index contributed by atoms with van der Waals surface area (Å²) in [7, 11) is 0. The van der Waals surface area contributed by atoms with Gasteiger partial charge in [0.15, 0.2) is 0 Å². The normalized spacial score (nSPS) is 9.83. The first-order valence-corrected chi connectivity index (χ1v) is 5.29. The summed E-state index contributed by atoms with van der Waals surface area (Å²) in [5.74, 6) is -0.407. The van der Waals surface area contributed by atoms with Crippen molar-refractivity contribution in [2.24, 2.45) is 11.5 Å². The number of primary amides is 1. The van der Waals surface area contributed by atoms with Crippen LogP contribution in [0, 0.1) is 0 Å². The number of amides is 1. The van der Waals surface area contributed by atoms with E-state index in [0.717, 1.165) is 16.7 Å². The minimum absolute atomic E-state index is 0. The lowest BCUT2D eigenvalue weighted by molar-refractivity contribution is -0.118. The molecule has 18 heavy (non-hydrogen) atoms. The highest BCUT2D eigenvalue weighted by Gasteiger charge is 2.04. The van der Waals surface area contributed by atoms with Gasteiger partial charge in [-0.2, -0.15) is 5.10 Å². The minimum Gasteiger partial charge on any atom is -0.368 e. The smallest absolute Gasteiger partial charge is 0.239 e. The SMILES string of the molecule is Cl.NCc1cccc(-c2cnn(CC(N)=O)c2)c1. The summed E-state index contributed by atoms with van der Waals surface area (Å²) in [6, 6.07) is 7.90. The number of benzene rings is 1. The van der Waals surface area contributed by atoms with Crippen LogP contribution in [0.4, 0.5) is 0 Å². The molecule has 2 aromatic rings. The summed E-state index contributed by atoms with van der Waals surface area (Å²) in [5.41, 5.74) is 13.7. The largest absolute Gasteiger partial charge is 0.368 e. The van der Waals surface area contributed by atoms with E-state index in [1.165, 1.54) is 4.68 Å². The van der Waals surface area contributed by atoms with Crippen LogP contribution in [0.5, 0.6) is 0 Å². The van der Waals surface area contributed by atoms with Crippen molar-refractivity contribution in [3.05, 3.63) is 42.2 Å². The van der Waals surface area contributed by atoms with Crippen molar-refractivity contribution >= 4 is 18.3 Å². The highest BCUT2D eigenvalue weighted by atomic mass is 35.5. The fourth-order valence-corrected chi connectivity index (χ4v) is 1.64. The number of hydrogen-bond acceptors (Lipinski definition) is 3. The lowest BCUT2D eigenvalue weighted by atomic mass is 10.1. The van der Waals surface area contributed by atoms with Gasteiger partial charge in [-0.25, -0.2) is 0 Å². The fraction of sp³-hybridized carbons (Fsp3) is 0.167. The molecule has 1 aromatic carbocycles. The van der Waals surface area contributed by atoms with E-state index in [0.29, 0.717) is 6.54 Å². The number of rotatable bonds is 4. The molecular weight excluding hydrogens is 252 g/mol. The van der Waals surface area contributed by atoms with Crippen molar-refractivity contribution in [3.8, 4) is 11.1 Å². The van der Waals surface area contributed by atoms with Crippen molar-refractivity contribution in [2.75, 3.05) is 0 Å². The van der Waals surface area contributed by atoms with E-state index in [1.807, 2.05) is 24.3 Å². The van der Waals surface area contributed by atoms with Crippen LogP contribution in [0.15, 0.2) is 36.7 Å². The average molecular weight is 267 g/mol. The molecule has 0 atom stereocenters. The molecular formula is C12H15ClN4O. The standard InChI is InChI=1S/C12H14N4O.ClH/c13-5-9-2-1-3-10(4-9)11-6-15-16(7-11)8-12(14)17;/h1-4,6-7H,5,8,13H2,(H2,14,17);1H. The zero-order valence-electron chi connectivity index (χ0n) is 9.74. The van der Waals surface area contributed by atoms with E-state index in [4.69, 9.17) is 11.5 Å². The number of aromatic nitrogens is 2. The van der Waals surface area contributed by atoms with Crippen LogP contribution in [0.3, 0.4) is 0 Å². The molecule has 0 unspecified atom stereocenters. The van der Waals surface area contributed by atoms with Crippen LogP contribution in [-0.2, 0) is 17.9 Å². The molecule has 96 valence electrons. The van der Waals surface area contributed by atoms with Crippen LogP contribution in [-0.4, -0.2) is 15.7 Å². The summed E-state index contributed by atoms with van der Waals surface area (Å²) < 4.78 is 1.52. The Bertz CT molecular complexity index is 538. The highest BCUT2D eigenvalue weighted by molar-refractivity contribution is 5.85. The van der Waals surface area contributed by atoms with Gasteiger partial charge >= 0.3 is 0 Å². The third-order valence-electron chi connectivity index (χ3n) is 2.45. The molecule has 0 radical (unpaired) electrons. The fourth-order valence-electron chi connectivity index (χ4n) is 1.64. The Morgan fingerprint density at radius 3 is 2.78 bits per heavy atom. The molecule has 1 amide bonds. The maximum absolute atomic E-state index is 10.8. The molecule has 0 spiro atoms. The van der Waals surface area contributed by atoms with E-state index >= 15 is 0 Å². The molecule has 6 heteroatoms. The van der Waals surface area contributed by atoms with Crippen LogP contribution in [0.2, 0.25) is 0 Å². The molecule has 2 rings (SSSR count). The minimum atomic E-state index is -0.407. The molecule has 0 aliphatic rings.